The Morgan fingerprint density at radius 2 is 1.86 bits per heavy atom. The average molecular weight is 291 g/mol. The van der Waals surface area contributed by atoms with E-state index in [0.717, 1.165) is 16.9 Å². The smallest absolute Gasteiger partial charge is 0.305 e. The van der Waals surface area contributed by atoms with Crippen LogP contribution >= 0.6 is 0 Å². The number of methoxy groups -OCH3 is 1. The second kappa shape index (κ2) is 8.89. The third-order valence-corrected chi connectivity index (χ3v) is 3.13. The van der Waals surface area contributed by atoms with Crippen LogP contribution in [-0.4, -0.2) is 25.4 Å². The molecule has 0 aliphatic rings. The molecule has 0 N–H and O–H groups in total. The largest absolute Gasteiger partial charge is 0.469 e. The summed E-state index contributed by atoms with van der Waals surface area (Å²) in [4.78, 5) is 35.0. The van der Waals surface area contributed by atoms with Gasteiger partial charge in [-0.2, -0.15) is 0 Å². The van der Waals surface area contributed by atoms with Crippen LogP contribution in [0.2, 0.25) is 0 Å². The number of carbonyl (C=O) groups excluding carboxylic acids is 3. The number of amides is 2. The Morgan fingerprint density at radius 3 is 2.38 bits per heavy atom. The van der Waals surface area contributed by atoms with Crippen molar-refractivity contribution in [3.63, 3.8) is 0 Å². The highest BCUT2D eigenvalue weighted by Crippen LogP contribution is 2.16. The van der Waals surface area contributed by atoms with E-state index in [1.807, 2.05) is 19.1 Å². The number of imide groups is 1. The zero-order chi connectivity index (χ0) is 15.7. The van der Waals surface area contributed by atoms with Crippen molar-refractivity contribution in [2.45, 2.75) is 39.0 Å². The first-order valence-electron chi connectivity index (χ1n) is 7.05. The van der Waals surface area contributed by atoms with Crippen LogP contribution in [0.5, 0.6) is 0 Å². The number of esters is 1. The van der Waals surface area contributed by atoms with Crippen molar-refractivity contribution >= 4 is 24.0 Å². The third kappa shape index (κ3) is 5.38. The van der Waals surface area contributed by atoms with Crippen molar-refractivity contribution < 1.29 is 19.1 Å². The molecule has 0 atom stereocenters. The van der Waals surface area contributed by atoms with Crippen LogP contribution in [-0.2, 0) is 25.5 Å². The molecule has 0 radical (unpaired) electrons. The molecule has 114 valence electrons. The van der Waals surface area contributed by atoms with Crippen molar-refractivity contribution in [3.05, 3.63) is 29.8 Å². The molecule has 0 bridgehead atoms. The third-order valence-electron chi connectivity index (χ3n) is 3.13. The molecule has 1 rings (SSSR count). The first-order valence-corrected chi connectivity index (χ1v) is 7.05. The fourth-order valence-corrected chi connectivity index (χ4v) is 1.96. The summed E-state index contributed by atoms with van der Waals surface area (Å²) in [7, 11) is 1.37. The minimum absolute atomic E-state index is 0.203. The predicted molar refractivity (Wildman–Crippen MR) is 79.9 cm³/mol. The van der Waals surface area contributed by atoms with E-state index in [0.29, 0.717) is 37.8 Å². The number of hydrogen-bond donors (Lipinski definition) is 0. The van der Waals surface area contributed by atoms with Crippen LogP contribution < -0.4 is 4.90 Å². The normalized spacial score (nSPS) is 10.0. The highest BCUT2D eigenvalue weighted by molar-refractivity contribution is 6.06. The maximum atomic E-state index is 11.8. The lowest BCUT2D eigenvalue weighted by Gasteiger charge is -2.15. The molecule has 0 heterocycles. The van der Waals surface area contributed by atoms with Gasteiger partial charge in [-0.3, -0.25) is 19.3 Å². The number of benzene rings is 1. The van der Waals surface area contributed by atoms with Gasteiger partial charge in [0.05, 0.1) is 12.8 Å². The van der Waals surface area contributed by atoms with Gasteiger partial charge in [0.15, 0.2) is 0 Å². The highest BCUT2D eigenvalue weighted by atomic mass is 16.5. The zero-order valence-electron chi connectivity index (χ0n) is 12.5. The maximum absolute atomic E-state index is 11.8. The number of nitrogens with zero attached hydrogens (tertiary/aromatic N) is 1. The summed E-state index contributed by atoms with van der Waals surface area (Å²) in [5.74, 6) is -0.421. The van der Waals surface area contributed by atoms with E-state index in [4.69, 9.17) is 0 Å². The standard InChI is InChI=1S/C16H21NO4/c1-3-5-15(19)17(12-18)14-10-8-13(9-11-14)6-4-7-16(20)21-2/h8-12H,3-7H2,1-2H3. The van der Waals surface area contributed by atoms with Gasteiger partial charge in [-0.15, -0.1) is 0 Å². The van der Waals surface area contributed by atoms with Gasteiger partial charge in [0.2, 0.25) is 12.3 Å². The van der Waals surface area contributed by atoms with Gasteiger partial charge in [0.1, 0.15) is 0 Å². The monoisotopic (exact) mass is 291 g/mol. The van der Waals surface area contributed by atoms with Gasteiger partial charge in [0, 0.05) is 12.8 Å². The molecule has 2 amide bonds. The summed E-state index contributed by atoms with van der Waals surface area (Å²) in [6.07, 6.45) is 3.43. The maximum Gasteiger partial charge on any atom is 0.305 e. The van der Waals surface area contributed by atoms with Gasteiger partial charge >= 0.3 is 5.97 Å². The number of carbonyl (C=O) groups is 3. The van der Waals surface area contributed by atoms with Crippen LogP contribution in [0.15, 0.2) is 24.3 Å². The Labute approximate surface area is 124 Å². The lowest BCUT2D eigenvalue weighted by atomic mass is 10.1. The summed E-state index contributed by atoms with van der Waals surface area (Å²) in [5.41, 5.74) is 1.62. The molecule has 0 aliphatic heterocycles. The number of rotatable bonds is 8. The number of anilines is 1. The molecule has 5 nitrogen and oxygen atoms in total. The molecule has 1 aromatic carbocycles. The first kappa shape index (κ1) is 16.9. The predicted octanol–water partition coefficient (Wildman–Crippen LogP) is 2.47. The highest BCUT2D eigenvalue weighted by Gasteiger charge is 2.13. The number of aryl methyl sites for hydroxylation is 1. The molecule has 0 unspecified atom stereocenters. The van der Waals surface area contributed by atoms with Crippen molar-refractivity contribution in [1.29, 1.82) is 0 Å². The molecule has 0 aromatic heterocycles. The summed E-state index contributed by atoms with van der Waals surface area (Å²) < 4.78 is 4.58. The Morgan fingerprint density at radius 1 is 1.19 bits per heavy atom. The number of hydrogen-bond acceptors (Lipinski definition) is 4. The van der Waals surface area contributed by atoms with Gasteiger partial charge < -0.3 is 4.74 Å². The van der Waals surface area contributed by atoms with Crippen LogP contribution in [0.1, 0.15) is 38.2 Å². The van der Waals surface area contributed by atoms with E-state index in [9.17, 15) is 14.4 Å². The van der Waals surface area contributed by atoms with Crippen molar-refractivity contribution in [2.75, 3.05) is 12.0 Å². The van der Waals surface area contributed by atoms with Gasteiger partial charge in [-0.05, 0) is 37.0 Å². The van der Waals surface area contributed by atoms with E-state index in [2.05, 4.69) is 4.74 Å². The fraction of sp³-hybridized carbons (Fsp3) is 0.438. The van der Waals surface area contributed by atoms with E-state index in [-0.39, 0.29) is 11.9 Å². The SMILES string of the molecule is CCCC(=O)N(C=O)c1ccc(CCCC(=O)OC)cc1. The molecule has 21 heavy (non-hydrogen) atoms. The van der Waals surface area contributed by atoms with Gasteiger partial charge in [0.25, 0.3) is 0 Å². The van der Waals surface area contributed by atoms with Gasteiger partial charge in [-0.1, -0.05) is 19.1 Å². The summed E-state index contributed by atoms with van der Waals surface area (Å²) in [6.45, 7) is 1.89. The summed E-state index contributed by atoms with van der Waals surface area (Å²) >= 11 is 0. The average Bonchev–Trinajstić information content (AvgIpc) is 2.49. The van der Waals surface area contributed by atoms with Crippen LogP contribution in [0.4, 0.5) is 5.69 Å². The molecule has 5 heteroatoms. The van der Waals surface area contributed by atoms with E-state index >= 15 is 0 Å². The van der Waals surface area contributed by atoms with Crippen molar-refractivity contribution in [1.82, 2.24) is 0 Å². The van der Waals surface area contributed by atoms with Crippen LogP contribution in [0.3, 0.4) is 0 Å². The van der Waals surface area contributed by atoms with E-state index in [1.165, 1.54) is 7.11 Å². The van der Waals surface area contributed by atoms with E-state index in [1.54, 1.807) is 12.1 Å². The molecular formula is C16H21NO4. The molecule has 0 saturated heterocycles. The minimum Gasteiger partial charge on any atom is -0.469 e. The summed E-state index contributed by atoms with van der Waals surface area (Å²) in [5, 5.41) is 0. The topological polar surface area (TPSA) is 63.7 Å². The Balaban J connectivity index is 2.61. The second-order valence-electron chi connectivity index (χ2n) is 4.72. The first-order chi connectivity index (χ1) is 10.1. The molecule has 0 aliphatic carbocycles. The van der Waals surface area contributed by atoms with Crippen LogP contribution in [0, 0.1) is 0 Å². The van der Waals surface area contributed by atoms with E-state index < -0.39 is 0 Å². The number of ether oxygens (including phenoxy) is 1. The molecule has 0 fully saturated rings. The summed E-state index contributed by atoms with van der Waals surface area (Å²) in [6, 6.07) is 7.22. The fourth-order valence-electron chi connectivity index (χ4n) is 1.96. The Kier molecular flexibility index (Phi) is 7.15. The zero-order valence-corrected chi connectivity index (χ0v) is 12.5. The molecule has 0 saturated carbocycles. The quantitative estimate of drug-likeness (QED) is 0.545. The Bertz CT molecular complexity index is 482. The van der Waals surface area contributed by atoms with Gasteiger partial charge in [-0.25, -0.2) is 0 Å². The van der Waals surface area contributed by atoms with Crippen molar-refractivity contribution in [2.24, 2.45) is 0 Å². The molecular weight excluding hydrogens is 270 g/mol. The Hall–Kier alpha value is -2.17. The second-order valence-corrected chi connectivity index (χ2v) is 4.72. The van der Waals surface area contributed by atoms with Crippen LogP contribution in [0.25, 0.3) is 0 Å². The van der Waals surface area contributed by atoms with Crippen molar-refractivity contribution in [3.8, 4) is 0 Å². The lowest BCUT2D eigenvalue weighted by molar-refractivity contribution is -0.140. The molecule has 0 spiro atoms. The lowest BCUT2D eigenvalue weighted by Crippen LogP contribution is -2.28. The minimum atomic E-state index is -0.219. The molecule has 1 aromatic rings.